The highest BCUT2D eigenvalue weighted by atomic mass is 32.2. The third-order valence-electron chi connectivity index (χ3n) is 4.07. The van der Waals surface area contributed by atoms with Gasteiger partial charge in [-0.05, 0) is 24.6 Å². The molecular formula is C18H25N3O5S. The van der Waals surface area contributed by atoms with Crippen LogP contribution in [0.1, 0.15) is 61.2 Å². The van der Waals surface area contributed by atoms with E-state index < -0.39 is 16.0 Å². The average molecular weight is 395 g/mol. The zero-order valence-electron chi connectivity index (χ0n) is 16.2. The van der Waals surface area contributed by atoms with Crippen molar-refractivity contribution in [1.82, 2.24) is 14.4 Å². The summed E-state index contributed by atoms with van der Waals surface area (Å²) in [6.45, 7) is 9.59. The van der Waals surface area contributed by atoms with Gasteiger partial charge in [-0.1, -0.05) is 38.9 Å². The van der Waals surface area contributed by atoms with Crippen LogP contribution in [0.4, 0.5) is 0 Å². The lowest BCUT2D eigenvalue weighted by Crippen LogP contribution is -2.31. The van der Waals surface area contributed by atoms with Gasteiger partial charge in [0.2, 0.25) is 10.0 Å². The molecule has 0 N–H and O–H groups in total. The Hall–Kier alpha value is -2.26. The SMILES string of the molecule is CCN(CC)S(=O)(=O)c1cc(C(=O)OCc2nc(C(C)C)no2)ccc1C. The molecule has 0 unspecified atom stereocenters. The van der Waals surface area contributed by atoms with E-state index in [-0.39, 0.29) is 28.9 Å². The largest absolute Gasteiger partial charge is 0.452 e. The molecule has 0 saturated heterocycles. The molecule has 0 aliphatic carbocycles. The van der Waals surface area contributed by atoms with Crippen molar-refractivity contribution < 1.29 is 22.5 Å². The average Bonchev–Trinajstić information content (AvgIpc) is 3.10. The highest BCUT2D eigenvalue weighted by molar-refractivity contribution is 7.89. The number of benzene rings is 1. The van der Waals surface area contributed by atoms with E-state index in [1.165, 1.54) is 16.4 Å². The molecule has 2 rings (SSSR count). The Balaban J connectivity index is 2.20. The van der Waals surface area contributed by atoms with Gasteiger partial charge < -0.3 is 9.26 Å². The third-order valence-corrected chi connectivity index (χ3v) is 6.27. The fraction of sp³-hybridized carbons (Fsp3) is 0.500. The predicted octanol–water partition coefficient (Wildman–Crippen LogP) is 2.89. The lowest BCUT2D eigenvalue weighted by Gasteiger charge is -2.20. The minimum absolute atomic E-state index is 0.0977. The molecule has 0 atom stereocenters. The van der Waals surface area contributed by atoms with E-state index in [0.717, 1.165) is 0 Å². The van der Waals surface area contributed by atoms with Crippen LogP contribution in [0.2, 0.25) is 0 Å². The van der Waals surface area contributed by atoms with E-state index in [1.54, 1.807) is 26.8 Å². The van der Waals surface area contributed by atoms with E-state index in [1.807, 2.05) is 13.8 Å². The predicted molar refractivity (Wildman–Crippen MR) is 98.8 cm³/mol. The Morgan fingerprint density at radius 2 is 1.93 bits per heavy atom. The van der Waals surface area contributed by atoms with Crippen molar-refractivity contribution in [2.24, 2.45) is 0 Å². The summed E-state index contributed by atoms with van der Waals surface area (Å²) in [5.41, 5.74) is 0.715. The van der Waals surface area contributed by atoms with E-state index >= 15 is 0 Å². The highest BCUT2D eigenvalue weighted by Crippen LogP contribution is 2.22. The normalized spacial score (nSPS) is 12.0. The van der Waals surface area contributed by atoms with Crippen LogP contribution in [0, 0.1) is 6.92 Å². The van der Waals surface area contributed by atoms with Crippen LogP contribution in [-0.4, -0.2) is 41.9 Å². The summed E-state index contributed by atoms with van der Waals surface area (Å²) in [5, 5.41) is 3.80. The molecule has 0 aliphatic rings. The van der Waals surface area contributed by atoms with E-state index in [4.69, 9.17) is 9.26 Å². The van der Waals surface area contributed by atoms with E-state index in [2.05, 4.69) is 10.1 Å². The zero-order chi connectivity index (χ0) is 20.2. The molecule has 0 spiro atoms. The van der Waals surface area contributed by atoms with Crippen molar-refractivity contribution in [2.45, 2.75) is 52.0 Å². The Bertz CT molecular complexity index is 901. The van der Waals surface area contributed by atoms with Gasteiger partial charge in [0, 0.05) is 19.0 Å². The molecule has 2 aromatic rings. The number of ether oxygens (including phenoxy) is 1. The van der Waals surface area contributed by atoms with Gasteiger partial charge in [0.1, 0.15) is 0 Å². The molecule has 0 saturated carbocycles. The molecule has 1 aromatic carbocycles. The van der Waals surface area contributed by atoms with Gasteiger partial charge in [-0.15, -0.1) is 0 Å². The molecule has 9 heteroatoms. The van der Waals surface area contributed by atoms with Crippen LogP contribution in [0.3, 0.4) is 0 Å². The first kappa shape index (κ1) is 21.0. The number of carbonyl (C=O) groups excluding carboxylic acids is 1. The zero-order valence-corrected chi connectivity index (χ0v) is 17.0. The van der Waals surface area contributed by atoms with Crippen LogP contribution < -0.4 is 0 Å². The Morgan fingerprint density at radius 1 is 1.26 bits per heavy atom. The number of sulfonamides is 1. The van der Waals surface area contributed by atoms with E-state index in [0.29, 0.717) is 24.5 Å². The number of hydrogen-bond donors (Lipinski definition) is 0. The molecule has 27 heavy (non-hydrogen) atoms. The van der Waals surface area contributed by atoms with Gasteiger partial charge >= 0.3 is 5.97 Å². The van der Waals surface area contributed by atoms with Crippen LogP contribution in [0.5, 0.6) is 0 Å². The van der Waals surface area contributed by atoms with Gasteiger partial charge in [-0.25, -0.2) is 13.2 Å². The lowest BCUT2D eigenvalue weighted by atomic mass is 10.1. The first-order valence-electron chi connectivity index (χ1n) is 8.81. The molecule has 0 bridgehead atoms. The van der Waals surface area contributed by atoms with Crippen molar-refractivity contribution in [3.63, 3.8) is 0 Å². The van der Waals surface area contributed by atoms with Gasteiger partial charge in [0.15, 0.2) is 12.4 Å². The molecule has 1 aromatic heterocycles. The second kappa shape index (κ2) is 8.62. The topological polar surface area (TPSA) is 103 Å². The minimum atomic E-state index is -3.68. The first-order chi connectivity index (χ1) is 12.7. The number of aryl methyl sites for hydroxylation is 1. The number of aromatic nitrogens is 2. The Labute approximate surface area is 159 Å². The molecule has 8 nitrogen and oxygen atoms in total. The first-order valence-corrected chi connectivity index (χ1v) is 10.2. The monoisotopic (exact) mass is 395 g/mol. The maximum absolute atomic E-state index is 12.8. The van der Waals surface area contributed by atoms with E-state index in [9.17, 15) is 13.2 Å². The number of esters is 1. The Morgan fingerprint density at radius 3 is 2.48 bits per heavy atom. The maximum Gasteiger partial charge on any atom is 0.338 e. The smallest absolute Gasteiger partial charge is 0.338 e. The van der Waals surface area contributed by atoms with Gasteiger partial charge in [-0.2, -0.15) is 9.29 Å². The summed E-state index contributed by atoms with van der Waals surface area (Å²) in [6, 6.07) is 4.47. The van der Waals surface area contributed by atoms with Crippen LogP contribution >= 0.6 is 0 Å². The van der Waals surface area contributed by atoms with Crippen molar-refractivity contribution in [2.75, 3.05) is 13.1 Å². The minimum Gasteiger partial charge on any atom is -0.452 e. The van der Waals surface area contributed by atoms with Crippen molar-refractivity contribution in [1.29, 1.82) is 0 Å². The summed E-state index contributed by atoms with van der Waals surface area (Å²) in [4.78, 5) is 16.6. The summed E-state index contributed by atoms with van der Waals surface area (Å²) in [5.74, 6) is 0.164. The molecule has 0 fully saturated rings. The van der Waals surface area contributed by atoms with Crippen molar-refractivity contribution >= 4 is 16.0 Å². The van der Waals surface area contributed by atoms with Crippen LogP contribution in [0.15, 0.2) is 27.6 Å². The molecule has 0 amide bonds. The molecule has 0 aliphatic heterocycles. The summed E-state index contributed by atoms with van der Waals surface area (Å²) in [6.07, 6.45) is 0. The van der Waals surface area contributed by atoms with Crippen molar-refractivity contribution in [3.05, 3.63) is 41.0 Å². The molecule has 148 valence electrons. The molecule has 1 heterocycles. The number of hydrogen-bond acceptors (Lipinski definition) is 7. The van der Waals surface area contributed by atoms with Gasteiger partial charge in [0.05, 0.1) is 10.5 Å². The summed E-state index contributed by atoms with van der Waals surface area (Å²) >= 11 is 0. The summed E-state index contributed by atoms with van der Waals surface area (Å²) in [7, 11) is -3.68. The number of rotatable bonds is 8. The lowest BCUT2D eigenvalue weighted by molar-refractivity contribution is 0.0429. The van der Waals surface area contributed by atoms with Gasteiger partial charge in [0.25, 0.3) is 5.89 Å². The maximum atomic E-state index is 12.8. The van der Waals surface area contributed by atoms with Gasteiger partial charge in [-0.3, -0.25) is 0 Å². The standard InChI is InChI=1S/C18H25N3O5S/c1-6-21(7-2)27(23,24)15-10-14(9-8-13(15)5)18(22)25-11-16-19-17(12(3)4)20-26-16/h8-10,12H,6-7,11H2,1-5H3. The second-order valence-corrected chi connectivity index (χ2v) is 8.25. The number of carbonyl (C=O) groups is 1. The van der Waals surface area contributed by atoms with Crippen LogP contribution in [0.25, 0.3) is 0 Å². The van der Waals surface area contributed by atoms with Crippen molar-refractivity contribution in [3.8, 4) is 0 Å². The van der Waals surface area contributed by atoms with Crippen LogP contribution in [-0.2, 0) is 21.4 Å². The molecule has 0 radical (unpaired) electrons. The quantitative estimate of drug-likeness (QED) is 0.633. The number of nitrogens with zero attached hydrogens (tertiary/aromatic N) is 3. The summed E-state index contributed by atoms with van der Waals surface area (Å²) < 4.78 is 37.1. The molecular weight excluding hydrogens is 370 g/mol. The fourth-order valence-corrected chi connectivity index (χ4v) is 4.19. The Kier molecular flexibility index (Phi) is 6.72. The third kappa shape index (κ3) is 4.72. The second-order valence-electron chi connectivity index (χ2n) is 6.35. The highest BCUT2D eigenvalue weighted by Gasteiger charge is 2.25. The fourth-order valence-electron chi connectivity index (χ4n) is 2.48.